The first kappa shape index (κ1) is 6.99. The van der Waals surface area contributed by atoms with E-state index in [1.165, 1.54) is 0 Å². The van der Waals surface area contributed by atoms with Crippen LogP contribution < -0.4 is 0 Å². The van der Waals surface area contributed by atoms with Crippen molar-refractivity contribution >= 4 is 0 Å². The molecule has 1 atom stereocenters. The predicted octanol–water partition coefficient (Wildman–Crippen LogP) is 0.616. The number of hydrogen-bond donors (Lipinski definition) is 0. The van der Waals surface area contributed by atoms with Crippen molar-refractivity contribution in [3.05, 3.63) is 0 Å². The van der Waals surface area contributed by atoms with Gasteiger partial charge in [0.25, 0.3) is 0 Å². The molecule has 1 aliphatic heterocycles. The minimum Gasteiger partial charge on any atom is -0.361 e. The van der Waals surface area contributed by atoms with Crippen LogP contribution in [0.4, 0.5) is 0 Å². The Labute approximate surface area is 55.5 Å². The van der Waals surface area contributed by atoms with Gasteiger partial charge in [-0.3, -0.25) is 4.84 Å². The van der Waals surface area contributed by atoms with Crippen LogP contribution in [-0.2, 0) is 9.57 Å². The van der Waals surface area contributed by atoms with Crippen molar-refractivity contribution in [3.63, 3.8) is 0 Å². The Morgan fingerprint density at radius 1 is 1.67 bits per heavy atom. The Balaban J connectivity index is 2.23. The van der Waals surface area contributed by atoms with Gasteiger partial charge < -0.3 is 4.74 Å². The van der Waals surface area contributed by atoms with Gasteiger partial charge in [0, 0.05) is 6.54 Å². The van der Waals surface area contributed by atoms with Crippen LogP contribution >= 0.6 is 0 Å². The fourth-order valence-electron chi connectivity index (χ4n) is 0.802. The van der Waals surface area contributed by atoms with Crippen molar-refractivity contribution < 1.29 is 9.57 Å². The van der Waals surface area contributed by atoms with Crippen LogP contribution in [0, 0.1) is 0 Å². The molecule has 1 aliphatic rings. The van der Waals surface area contributed by atoms with Crippen LogP contribution in [0.2, 0.25) is 0 Å². The molecule has 0 aromatic heterocycles. The van der Waals surface area contributed by atoms with E-state index >= 15 is 0 Å². The van der Waals surface area contributed by atoms with Gasteiger partial charge in [0.05, 0.1) is 12.7 Å². The van der Waals surface area contributed by atoms with Crippen molar-refractivity contribution in [2.75, 3.05) is 19.9 Å². The second-order valence-electron chi connectivity index (χ2n) is 2.21. The lowest BCUT2D eigenvalue weighted by Gasteiger charge is -2.29. The second kappa shape index (κ2) is 3.15. The van der Waals surface area contributed by atoms with Gasteiger partial charge in [0.15, 0.2) is 0 Å². The van der Waals surface area contributed by atoms with Gasteiger partial charge >= 0.3 is 0 Å². The fraction of sp³-hybridized carbons (Fsp3) is 1.00. The molecule has 3 heteroatoms. The number of hydrogen-bond acceptors (Lipinski definition) is 3. The SMILES string of the molecule is CCN1COCC(C)O1. The third-order valence-corrected chi connectivity index (χ3v) is 1.27. The minimum absolute atomic E-state index is 0.221. The Morgan fingerprint density at radius 3 is 2.89 bits per heavy atom. The van der Waals surface area contributed by atoms with E-state index < -0.39 is 0 Å². The smallest absolute Gasteiger partial charge is 0.122 e. The van der Waals surface area contributed by atoms with Gasteiger partial charge in [-0.1, -0.05) is 0 Å². The summed E-state index contributed by atoms with van der Waals surface area (Å²) in [5, 5.41) is 1.81. The summed E-state index contributed by atoms with van der Waals surface area (Å²) in [4.78, 5) is 5.34. The van der Waals surface area contributed by atoms with Crippen LogP contribution in [0.1, 0.15) is 13.8 Å². The van der Waals surface area contributed by atoms with Crippen molar-refractivity contribution in [3.8, 4) is 0 Å². The third kappa shape index (κ3) is 1.93. The predicted molar refractivity (Wildman–Crippen MR) is 33.7 cm³/mol. The summed E-state index contributed by atoms with van der Waals surface area (Å²) >= 11 is 0. The lowest BCUT2D eigenvalue weighted by Crippen LogP contribution is -2.38. The normalized spacial score (nSPS) is 30.7. The number of ether oxygens (including phenoxy) is 1. The number of hydroxylamine groups is 2. The van der Waals surface area contributed by atoms with Gasteiger partial charge in [-0.15, -0.1) is 0 Å². The van der Waals surface area contributed by atoms with Crippen LogP contribution in [0.5, 0.6) is 0 Å². The Morgan fingerprint density at radius 2 is 2.44 bits per heavy atom. The summed E-state index contributed by atoms with van der Waals surface area (Å²) in [6.07, 6.45) is 0.221. The fourth-order valence-corrected chi connectivity index (χ4v) is 0.802. The molecule has 0 aromatic carbocycles. The van der Waals surface area contributed by atoms with Crippen molar-refractivity contribution in [1.29, 1.82) is 0 Å². The molecule has 0 spiro atoms. The van der Waals surface area contributed by atoms with E-state index in [4.69, 9.17) is 9.57 Å². The topological polar surface area (TPSA) is 21.7 Å². The third-order valence-electron chi connectivity index (χ3n) is 1.27. The second-order valence-corrected chi connectivity index (χ2v) is 2.21. The molecular formula is C6H13NO2. The Bertz CT molecular complexity index is 87.1. The highest BCUT2D eigenvalue weighted by molar-refractivity contribution is 4.49. The molecule has 0 radical (unpaired) electrons. The van der Waals surface area contributed by atoms with E-state index in [1.54, 1.807) is 0 Å². The van der Waals surface area contributed by atoms with Crippen molar-refractivity contribution in [1.82, 2.24) is 5.06 Å². The quantitative estimate of drug-likeness (QED) is 0.520. The summed E-state index contributed by atoms with van der Waals surface area (Å²) < 4.78 is 5.19. The van der Waals surface area contributed by atoms with E-state index in [0.717, 1.165) is 13.2 Å². The zero-order chi connectivity index (χ0) is 6.69. The maximum Gasteiger partial charge on any atom is 0.122 e. The molecule has 0 bridgehead atoms. The van der Waals surface area contributed by atoms with Crippen LogP contribution in [-0.4, -0.2) is 31.0 Å². The Hall–Kier alpha value is -0.120. The number of nitrogens with zero attached hydrogens (tertiary/aromatic N) is 1. The van der Waals surface area contributed by atoms with E-state index in [0.29, 0.717) is 6.73 Å². The highest BCUT2D eigenvalue weighted by atomic mass is 16.7. The molecule has 1 unspecified atom stereocenters. The molecule has 54 valence electrons. The molecule has 9 heavy (non-hydrogen) atoms. The molecule has 1 fully saturated rings. The summed E-state index contributed by atoms with van der Waals surface area (Å²) in [5.74, 6) is 0. The van der Waals surface area contributed by atoms with Crippen molar-refractivity contribution in [2.24, 2.45) is 0 Å². The zero-order valence-corrected chi connectivity index (χ0v) is 5.96. The average Bonchev–Trinajstić information content (AvgIpc) is 1.88. The first-order chi connectivity index (χ1) is 4.33. The maximum absolute atomic E-state index is 5.34. The monoisotopic (exact) mass is 131 g/mol. The molecule has 0 amide bonds. The zero-order valence-electron chi connectivity index (χ0n) is 5.96. The van der Waals surface area contributed by atoms with Crippen LogP contribution in [0.25, 0.3) is 0 Å². The first-order valence-electron chi connectivity index (χ1n) is 3.32. The first-order valence-corrected chi connectivity index (χ1v) is 3.32. The molecule has 1 rings (SSSR count). The van der Waals surface area contributed by atoms with E-state index in [-0.39, 0.29) is 6.10 Å². The number of rotatable bonds is 1. The summed E-state index contributed by atoms with van der Waals surface area (Å²) in [6, 6.07) is 0. The van der Waals surface area contributed by atoms with Crippen LogP contribution in [0.15, 0.2) is 0 Å². The van der Waals surface area contributed by atoms with E-state index in [1.807, 2.05) is 18.9 Å². The highest BCUT2D eigenvalue weighted by Gasteiger charge is 2.14. The van der Waals surface area contributed by atoms with Gasteiger partial charge in [-0.25, -0.2) is 0 Å². The minimum atomic E-state index is 0.221. The van der Waals surface area contributed by atoms with Crippen LogP contribution in [0.3, 0.4) is 0 Å². The molecule has 0 N–H and O–H groups in total. The highest BCUT2D eigenvalue weighted by Crippen LogP contribution is 2.04. The molecular weight excluding hydrogens is 118 g/mol. The average molecular weight is 131 g/mol. The van der Waals surface area contributed by atoms with Crippen molar-refractivity contribution in [2.45, 2.75) is 20.0 Å². The van der Waals surface area contributed by atoms with Gasteiger partial charge in [-0.05, 0) is 13.8 Å². The molecule has 0 aromatic rings. The molecule has 1 heterocycles. The van der Waals surface area contributed by atoms with E-state index in [2.05, 4.69) is 0 Å². The summed E-state index contributed by atoms with van der Waals surface area (Å²) in [5.41, 5.74) is 0. The lowest BCUT2D eigenvalue weighted by molar-refractivity contribution is -0.284. The maximum atomic E-state index is 5.34. The molecule has 1 saturated heterocycles. The van der Waals surface area contributed by atoms with Gasteiger partial charge in [0.2, 0.25) is 0 Å². The van der Waals surface area contributed by atoms with Gasteiger partial charge in [-0.2, -0.15) is 5.06 Å². The largest absolute Gasteiger partial charge is 0.361 e. The summed E-state index contributed by atoms with van der Waals surface area (Å²) in [7, 11) is 0. The lowest BCUT2D eigenvalue weighted by atomic mass is 10.4. The molecule has 3 nitrogen and oxygen atoms in total. The molecule has 0 aliphatic carbocycles. The standard InChI is InChI=1S/C6H13NO2/c1-3-7-5-8-4-6(2)9-7/h6H,3-5H2,1-2H3. The van der Waals surface area contributed by atoms with Gasteiger partial charge in [0.1, 0.15) is 6.73 Å². The molecule has 0 saturated carbocycles. The van der Waals surface area contributed by atoms with E-state index in [9.17, 15) is 0 Å². The Kier molecular flexibility index (Phi) is 2.45. The summed E-state index contributed by atoms with van der Waals surface area (Å²) in [6.45, 7) is 6.27.